The highest BCUT2D eigenvalue weighted by atomic mass is 35.5. The lowest BCUT2D eigenvalue weighted by molar-refractivity contribution is -0.167. The van der Waals surface area contributed by atoms with Gasteiger partial charge < -0.3 is 30.5 Å². The number of carbonyl (C=O) groups is 6. The van der Waals surface area contributed by atoms with Crippen LogP contribution in [0.4, 0.5) is 22.0 Å². The third-order valence-electron chi connectivity index (χ3n) is 8.09. The number of ether oxygens (including phenoxy) is 2. The average molecular weight is 798 g/mol. The van der Waals surface area contributed by atoms with Gasteiger partial charge in [0, 0.05) is 29.3 Å². The maximum absolute atomic E-state index is 15.0. The van der Waals surface area contributed by atoms with Gasteiger partial charge in [-0.1, -0.05) is 49.7 Å². The first kappa shape index (κ1) is 43.8. The summed E-state index contributed by atoms with van der Waals surface area (Å²) in [5, 5.41) is 15.2. The van der Waals surface area contributed by atoms with E-state index in [1.807, 2.05) is 0 Å². The SMILES string of the molecule is COc1ccc([C@H](NC(=O)[C@H](Cc2cccc(Cl)c2)NC(=O)c2ccc(OCC(=O)O)cc2)C(=O)C[C@H](C(=O)C(F)(F)C(=O)NCC(F)(F)F)C(C)C)cc1. The Labute approximate surface area is 316 Å². The lowest BCUT2D eigenvalue weighted by Crippen LogP contribution is -2.52. The Balaban J connectivity index is 1.95. The highest BCUT2D eigenvalue weighted by Crippen LogP contribution is 2.30. The van der Waals surface area contributed by atoms with Gasteiger partial charge in [0.15, 0.2) is 12.4 Å². The van der Waals surface area contributed by atoms with Gasteiger partial charge in [0.05, 0.1) is 7.11 Å². The number of carboxylic acids is 1. The zero-order valence-corrected chi connectivity index (χ0v) is 30.3. The topological polar surface area (TPSA) is 177 Å². The van der Waals surface area contributed by atoms with E-state index in [0.29, 0.717) is 16.3 Å². The number of benzene rings is 3. The normalized spacial score (nSPS) is 13.2. The molecule has 0 unspecified atom stereocenters. The maximum atomic E-state index is 15.0. The van der Waals surface area contributed by atoms with Crippen molar-refractivity contribution in [3.05, 3.63) is 94.5 Å². The minimum Gasteiger partial charge on any atom is -0.497 e. The van der Waals surface area contributed by atoms with Crippen LogP contribution in [0.1, 0.15) is 47.8 Å². The van der Waals surface area contributed by atoms with Crippen LogP contribution in [0.2, 0.25) is 5.02 Å². The maximum Gasteiger partial charge on any atom is 0.405 e. The van der Waals surface area contributed by atoms with E-state index in [1.165, 1.54) is 75.6 Å². The van der Waals surface area contributed by atoms with Crippen molar-refractivity contribution in [2.45, 2.75) is 50.9 Å². The number of hydrogen-bond donors (Lipinski definition) is 4. The van der Waals surface area contributed by atoms with Crippen LogP contribution in [0, 0.1) is 11.8 Å². The van der Waals surface area contributed by atoms with Crippen molar-refractivity contribution in [1.82, 2.24) is 16.0 Å². The van der Waals surface area contributed by atoms with Crippen LogP contribution >= 0.6 is 11.6 Å². The molecule has 0 saturated heterocycles. The summed E-state index contributed by atoms with van der Waals surface area (Å²) >= 11 is 6.14. The van der Waals surface area contributed by atoms with Crippen molar-refractivity contribution in [2.75, 3.05) is 20.3 Å². The molecule has 12 nitrogen and oxygen atoms in total. The molecule has 55 heavy (non-hydrogen) atoms. The molecule has 0 aliphatic rings. The number of nitrogens with one attached hydrogen (secondary N) is 3. The molecule has 0 saturated carbocycles. The summed E-state index contributed by atoms with van der Waals surface area (Å²) in [5.74, 6) is -15.9. The number of carbonyl (C=O) groups excluding carboxylic acids is 5. The Bertz CT molecular complexity index is 1860. The molecule has 0 heterocycles. The quantitative estimate of drug-likeness (QED) is 0.0947. The molecule has 0 spiro atoms. The highest BCUT2D eigenvalue weighted by Gasteiger charge is 2.52. The van der Waals surface area contributed by atoms with Gasteiger partial charge in [-0.15, -0.1) is 0 Å². The Morgan fingerprint density at radius 1 is 0.855 bits per heavy atom. The first-order valence-electron chi connectivity index (χ1n) is 16.5. The number of halogens is 6. The van der Waals surface area contributed by atoms with Crippen molar-refractivity contribution in [3.63, 3.8) is 0 Å². The van der Waals surface area contributed by atoms with E-state index >= 15 is 0 Å². The number of Topliss-reactive ketones (excluding diaryl/α,β-unsaturated/α-hetero) is 2. The van der Waals surface area contributed by atoms with Crippen LogP contribution in [-0.4, -0.2) is 78.8 Å². The van der Waals surface area contributed by atoms with E-state index in [4.69, 9.17) is 26.2 Å². The van der Waals surface area contributed by atoms with Crippen LogP contribution in [0.25, 0.3) is 0 Å². The van der Waals surface area contributed by atoms with Crippen LogP contribution in [0.3, 0.4) is 0 Å². The van der Waals surface area contributed by atoms with E-state index in [1.54, 1.807) is 18.2 Å². The second-order valence-corrected chi connectivity index (χ2v) is 13.0. The monoisotopic (exact) mass is 797 g/mol. The summed E-state index contributed by atoms with van der Waals surface area (Å²) in [4.78, 5) is 77.2. The molecule has 3 aromatic rings. The Hall–Kier alpha value is -5.58. The van der Waals surface area contributed by atoms with E-state index in [2.05, 4.69) is 10.6 Å². The summed E-state index contributed by atoms with van der Waals surface area (Å²) in [6.07, 6.45) is -6.19. The zero-order valence-electron chi connectivity index (χ0n) is 29.5. The van der Waals surface area contributed by atoms with E-state index in [9.17, 15) is 50.7 Å². The first-order chi connectivity index (χ1) is 25.7. The molecule has 0 bridgehead atoms. The largest absolute Gasteiger partial charge is 0.497 e. The van der Waals surface area contributed by atoms with Crippen molar-refractivity contribution >= 4 is 46.9 Å². The Morgan fingerprint density at radius 2 is 1.47 bits per heavy atom. The minimum absolute atomic E-state index is 0.0350. The van der Waals surface area contributed by atoms with Gasteiger partial charge in [-0.3, -0.25) is 24.0 Å². The van der Waals surface area contributed by atoms with Gasteiger partial charge in [0.2, 0.25) is 11.7 Å². The number of ketones is 2. The van der Waals surface area contributed by atoms with E-state index in [-0.39, 0.29) is 23.3 Å². The molecule has 0 fully saturated rings. The van der Waals surface area contributed by atoms with Crippen molar-refractivity contribution in [2.24, 2.45) is 11.8 Å². The standard InChI is InChI=1S/C37H37ClF5N3O9/c1-20(2)27(32(50)37(42,43)35(53)44-19-36(39,40)41)17-29(47)31(22-7-11-25(54-3)12-8-22)46-34(52)28(16-21-5-4-6-24(38)15-21)45-33(51)23-9-13-26(14-10-23)55-18-30(48)49/h4-15,20,27-28,31H,16-19H2,1-3H3,(H,44,53)(H,45,51)(H,46,52)(H,48,49)/t27-,28-,31-/m0/s1. The van der Waals surface area contributed by atoms with Crippen molar-refractivity contribution in [1.29, 1.82) is 0 Å². The molecule has 0 radical (unpaired) electrons. The third kappa shape index (κ3) is 13.0. The molecule has 18 heteroatoms. The van der Waals surface area contributed by atoms with Gasteiger partial charge in [-0.2, -0.15) is 22.0 Å². The zero-order chi connectivity index (χ0) is 41.1. The number of amides is 3. The summed E-state index contributed by atoms with van der Waals surface area (Å²) in [6.45, 7) is -0.165. The fourth-order valence-electron chi connectivity index (χ4n) is 5.19. The minimum atomic E-state index is -5.04. The number of methoxy groups -OCH3 is 1. The second kappa shape index (κ2) is 19.1. The Kier molecular flexibility index (Phi) is 15.3. The molecule has 3 amide bonds. The van der Waals surface area contributed by atoms with Gasteiger partial charge in [-0.25, -0.2) is 4.79 Å². The smallest absolute Gasteiger partial charge is 0.405 e. The average Bonchev–Trinajstić information content (AvgIpc) is 3.13. The molecule has 0 aliphatic carbocycles. The summed E-state index contributed by atoms with van der Waals surface area (Å²) in [6, 6.07) is 14.2. The van der Waals surface area contributed by atoms with Gasteiger partial charge in [0.25, 0.3) is 11.8 Å². The third-order valence-corrected chi connectivity index (χ3v) is 8.33. The molecule has 296 valence electrons. The number of carboxylic acid groups (broad SMARTS) is 1. The molecular weight excluding hydrogens is 761 g/mol. The first-order valence-corrected chi connectivity index (χ1v) is 16.8. The Morgan fingerprint density at radius 3 is 2.02 bits per heavy atom. The van der Waals surface area contributed by atoms with E-state index < -0.39 is 90.8 Å². The summed E-state index contributed by atoms with van der Waals surface area (Å²) in [5.41, 5.74) is 0.621. The number of rotatable bonds is 19. The number of hydrogen-bond acceptors (Lipinski definition) is 8. The fraction of sp³-hybridized carbons (Fsp3) is 0.351. The van der Waals surface area contributed by atoms with Crippen LogP contribution in [0.5, 0.6) is 11.5 Å². The predicted octanol–water partition coefficient (Wildman–Crippen LogP) is 5.12. The number of alkyl halides is 5. The van der Waals surface area contributed by atoms with Gasteiger partial charge in [0.1, 0.15) is 30.1 Å². The molecule has 0 aromatic heterocycles. The van der Waals surface area contributed by atoms with Gasteiger partial charge >= 0.3 is 18.1 Å². The highest BCUT2D eigenvalue weighted by molar-refractivity contribution is 6.30. The van der Waals surface area contributed by atoms with E-state index in [0.717, 1.165) is 5.32 Å². The molecule has 3 aromatic carbocycles. The van der Waals surface area contributed by atoms with Crippen molar-refractivity contribution < 1.29 is 65.3 Å². The number of aliphatic carboxylic acids is 1. The van der Waals surface area contributed by atoms with Crippen LogP contribution in [-0.2, 0) is 30.4 Å². The lowest BCUT2D eigenvalue weighted by atomic mass is 9.82. The predicted molar refractivity (Wildman–Crippen MR) is 187 cm³/mol. The lowest BCUT2D eigenvalue weighted by Gasteiger charge is -2.27. The molecule has 0 aliphatic heterocycles. The second-order valence-electron chi connectivity index (χ2n) is 12.5. The van der Waals surface area contributed by atoms with Gasteiger partial charge in [-0.05, 0) is 65.6 Å². The summed E-state index contributed by atoms with van der Waals surface area (Å²) in [7, 11) is 1.36. The molecular formula is C37H37ClF5N3O9. The van der Waals surface area contributed by atoms with Crippen LogP contribution < -0.4 is 25.4 Å². The molecule has 3 rings (SSSR count). The molecule has 3 atom stereocenters. The van der Waals surface area contributed by atoms with Crippen molar-refractivity contribution in [3.8, 4) is 11.5 Å². The molecule has 4 N–H and O–H groups in total. The fourth-order valence-corrected chi connectivity index (χ4v) is 5.40. The summed E-state index contributed by atoms with van der Waals surface area (Å²) < 4.78 is 77.9. The van der Waals surface area contributed by atoms with Crippen LogP contribution in [0.15, 0.2) is 72.8 Å².